The maximum absolute atomic E-state index is 12.0. The summed E-state index contributed by atoms with van der Waals surface area (Å²) in [4.78, 5) is 24.5. The molecule has 0 unspecified atom stereocenters. The molecule has 1 atom stereocenters. The van der Waals surface area contributed by atoms with Crippen molar-refractivity contribution in [3.05, 3.63) is 33.8 Å². The van der Waals surface area contributed by atoms with Gasteiger partial charge in [-0.1, -0.05) is 29.3 Å². The summed E-state index contributed by atoms with van der Waals surface area (Å²) in [5, 5.41) is 0.863. The highest BCUT2D eigenvalue weighted by Crippen LogP contribution is 2.23. The van der Waals surface area contributed by atoms with Crippen LogP contribution in [0.2, 0.25) is 10.0 Å². The first-order chi connectivity index (χ1) is 9.64. The van der Waals surface area contributed by atoms with Crippen LogP contribution in [0.15, 0.2) is 18.2 Å². The molecule has 1 rings (SSSR count). The molecule has 0 fully saturated rings. The highest BCUT2D eigenvalue weighted by atomic mass is 35.5. The fourth-order valence-electron chi connectivity index (χ4n) is 1.65. The lowest BCUT2D eigenvalue weighted by Crippen LogP contribution is -2.42. The Morgan fingerprint density at radius 3 is 2.43 bits per heavy atom. The molecule has 4 nitrogen and oxygen atoms in total. The van der Waals surface area contributed by atoms with E-state index in [0.29, 0.717) is 22.8 Å². The normalized spacial score (nSPS) is 12.7. The van der Waals surface area contributed by atoms with Gasteiger partial charge in [-0.2, -0.15) is 0 Å². The standard InChI is InChI=1S/C15H19Cl2NO3/c1-15(2,3)21-14(20)18(4)11(9-19)7-10-5-6-12(16)13(17)8-10/h5-6,8-9,11H,7H2,1-4H3/t11-/m1/s1. The summed E-state index contributed by atoms with van der Waals surface area (Å²) in [6.07, 6.45) is 0.516. The van der Waals surface area contributed by atoms with Crippen LogP contribution < -0.4 is 0 Å². The van der Waals surface area contributed by atoms with Crippen molar-refractivity contribution in [1.82, 2.24) is 4.90 Å². The molecule has 0 N–H and O–H groups in total. The summed E-state index contributed by atoms with van der Waals surface area (Å²) in [5.74, 6) is 0. The van der Waals surface area contributed by atoms with Crippen molar-refractivity contribution in [3.8, 4) is 0 Å². The van der Waals surface area contributed by atoms with Gasteiger partial charge < -0.3 is 14.4 Å². The molecule has 0 saturated heterocycles. The lowest BCUT2D eigenvalue weighted by Gasteiger charge is -2.28. The first-order valence-electron chi connectivity index (χ1n) is 6.49. The monoisotopic (exact) mass is 331 g/mol. The van der Waals surface area contributed by atoms with Gasteiger partial charge >= 0.3 is 6.09 Å². The molecule has 6 heteroatoms. The number of halogens is 2. The van der Waals surface area contributed by atoms with E-state index in [1.807, 2.05) is 0 Å². The predicted octanol–water partition coefficient (Wildman–Crippen LogP) is 3.97. The third kappa shape index (κ3) is 5.56. The van der Waals surface area contributed by atoms with Gasteiger partial charge in [0, 0.05) is 7.05 Å². The maximum atomic E-state index is 12.0. The molecule has 116 valence electrons. The van der Waals surface area contributed by atoms with Gasteiger partial charge in [-0.3, -0.25) is 0 Å². The molecule has 0 aliphatic rings. The van der Waals surface area contributed by atoms with E-state index < -0.39 is 17.7 Å². The van der Waals surface area contributed by atoms with E-state index in [0.717, 1.165) is 5.56 Å². The lowest BCUT2D eigenvalue weighted by atomic mass is 10.1. The minimum Gasteiger partial charge on any atom is -0.444 e. The lowest BCUT2D eigenvalue weighted by molar-refractivity contribution is -0.112. The molecule has 0 aliphatic carbocycles. The van der Waals surface area contributed by atoms with Crippen LogP contribution in [0, 0.1) is 0 Å². The van der Waals surface area contributed by atoms with E-state index >= 15 is 0 Å². The quantitative estimate of drug-likeness (QED) is 0.784. The number of likely N-dealkylation sites (N-methyl/N-ethyl adjacent to an activating group) is 1. The van der Waals surface area contributed by atoms with Gasteiger partial charge in [0.25, 0.3) is 0 Å². The number of hydrogen-bond donors (Lipinski definition) is 0. The van der Waals surface area contributed by atoms with Gasteiger partial charge in [-0.25, -0.2) is 4.79 Å². The second-order valence-corrected chi connectivity index (χ2v) is 6.56. The van der Waals surface area contributed by atoms with Crippen LogP contribution in [0.4, 0.5) is 4.79 Å². The third-order valence-corrected chi connectivity index (χ3v) is 3.50. The Morgan fingerprint density at radius 2 is 1.95 bits per heavy atom. The number of benzene rings is 1. The Kier molecular flexibility index (Phi) is 6.05. The van der Waals surface area contributed by atoms with E-state index in [-0.39, 0.29) is 0 Å². The molecule has 0 aromatic heterocycles. The molecule has 21 heavy (non-hydrogen) atoms. The number of amides is 1. The van der Waals surface area contributed by atoms with Gasteiger partial charge in [-0.15, -0.1) is 0 Å². The first-order valence-corrected chi connectivity index (χ1v) is 7.24. The zero-order valence-corrected chi connectivity index (χ0v) is 14.0. The van der Waals surface area contributed by atoms with E-state index in [2.05, 4.69) is 0 Å². The van der Waals surface area contributed by atoms with E-state index in [1.165, 1.54) is 11.9 Å². The summed E-state index contributed by atoms with van der Waals surface area (Å²) in [6.45, 7) is 5.31. The van der Waals surface area contributed by atoms with Crippen molar-refractivity contribution in [2.45, 2.75) is 38.8 Å². The summed E-state index contributed by atoms with van der Waals surface area (Å²) in [5.41, 5.74) is 0.208. The van der Waals surface area contributed by atoms with Crippen LogP contribution >= 0.6 is 23.2 Å². The van der Waals surface area contributed by atoms with Crippen molar-refractivity contribution >= 4 is 35.6 Å². The second-order valence-electron chi connectivity index (χ2n) is 5.75. The van der Waals surface area contributed by atoms with Gasteiger partial charge in [-0.05, 0) is 44.9 Å². The minimum atomic E-state index is -0.628. The maximum Gasteiger partial charge on any atom is 0.410 e. The van der Waals surface area contributed by atoms with Gasteiger partial charge in [0.05, 0.1) is 16.1 Å². The molecule has 0 heterocycles. The van der Waals surface area contributed by atoms with Crippen LogP contribution in [0.1, 0.15) is 26.3 Å². The minimum absolute atomic E-state index is 0.343. The molecule has 0 aliphatic heterocycles. The Bertz CT molecular complexity index is 526. The number of carbonyl (C=O) groups is 2. The van der Waals surface area contributed by atoms with Crippen molar-refractivity contribution < 1.29 is 14.3 Å². The Balaban J connectivity index is 2.80. The number of rotatable bonds is 4. The van der Waals surface area contributed by atoms with Crippen LogP contribution in [-0.4, -0.2) is 36.0 Å². The SMILES string of the molecule is CN(C(=O)OC(C)(C)C)[C@@H](C=O)Cc1ccc(Cl)c(Cl)c1. The van der Waals surface area contributed by atoms with Crippen LogP contribution in [0.3, 0.4) is 0 Å². The second kappa shape index (κ2) is 7.14. The number of hydrogen-bond acceptors (Lipinski definition) is 3. The third-order valence-electron chi connectivity index (χ3n) is 2.76. The smallest absolute Gasteiger partial charge is 0.410 e. The van der Waals surface area contributed by atoms with E-state index in [1.54, 1.807) is 39.0 Å². The van der Waals surface area contributed by atoms with E-state index in [4.69, 9.17) is 27.9 Å². The van der Waals surface area contributed by atoms with Crippen molar-refractivity contribution in [3.63, 3.8) is 0 Å². The Morgan fingerprint density at radius 1 is 1.33 bits per heavy atom. The number of carbonyl (C=O) groups excluding carboxylic acids is 2. The molecular weight excluding hydrogens is 313 g/mol. The van der Waals surface area contributed by atoms with Crippen LogP contribution in [0.5, 0.6) is 0 Å². The molecule has 1 aromatic rings. The van der Waals surface area contributed by atoms with Crippen LogP contribution in [-0.2, 0) is 16.0 Å². The highest BCUT2D eigenvalue weighted by Gasteiger charge is 2.25. The molecule has 0 saturated carbocycles. The average Bonchev–Trinajstić information content (AvgIpc) is 2.37. The zero-order valence-electron chi connectivity index (χ0n) is 12.5. The van der Waals surface area contributed by atoms with Gasteiger partial charge in [0.2, 0.25) is 0 Å². The summed E-state index contributed by atoms with van der Waals surface area (Å²) in [7, 11) is 1.53. The number of aldehydes is 1. The fourth-order valence-corrected chi connectivity index (χ4v) is 1.97. The largest absolute Gasteiger partial charge is 0.444 e. The van der Waals surface area contributed by atoms with Gasteiger partial charge in [0.15, 0.2) is 0 Å². The van der Waals surface area contributed by atoms with Crippen molar-refractivity contribution in [2.75, 3.05) is 7.05 Å². The number of ether oxygens (including phenoxy) is 1. The summed E-state index contributed by atoms with van der Waals surface area (Å²) >= 11 is 11.8. The molecule has 1 aromatic carbocycles. The highest BCUT2D eigenvalue weighted by molar-refractivity contribution is 6.42. The Hall–Kier alpha value is -1.26. The molecular formula is C15H19Cl2NO3. The first kappa shape index (κ1) is 17.8. The summed E-state index contributed by atoms with van der Waals surface area (Å²) < 4.78 is 5.24. The Labute approximate surface area is 135 Å². The molecule has 0 bridgehead atoms. The van der Waals surface area contributed by atoms with Gasteiger partial charge in [0.1, 0.15) is 11.9 Å². The number of nitrogens with zero attached hydrogens (tertiary/aromatic N) is 1. The average molecular weight is 332 g/mol. The van der Waals surface area contributed by atoms with Crippen LogP contribution in [0.25, 0.3) is 0 Å². The fraction of sp³-hybridized carbons (Fsp3) is 0.467. The molecule has 0 radical (unpaired) electrons. The molecule has 1 amide bonds. The zero-order chi connectivity index (χ0) is 16.2. The van der Waals surface area contributed by atoms with E-state index in [9.17, 15) is 9.59 Å². The van der Waals surface area contributed by atoms with Crippen molar-refractivity contribution in [2.24, 2.45) is 0 Å². The predicted molar refractivity (Wildman–Crippen MR) is 84.0 cm³/mol. The van der Waals surface area contributed by atoms with Crippen molar-refractivity contribution in [1.29, 1.82) is 0 Å². The topological polar surface area (TPSA) is 46.6 Å². The molecule has 0 spiro atoms. The summed E-state index contributed by atoms with van der Waals surface area (Å²) in [6, 6.07) is 4.49.